The maximum absolute atomic E-state index is 5.64. The van der Waals surface area contributed by atoms with E-state index in [9.17, 15) is 0 Å². The molecule has 0 aliphatic rings. The van der Waals surface area contributed by atoms with Gasteiger partial charge in [-0.2, -0.15) is 0 Å². The van der Waals surface area contributed by atoms with Gasteiger partial charge in [0.1, 0.15) is 11.6 Å². The molecule has 0 unspecified atom stereocenters. The van der Waals surface area contributed by atoms with Crippen molar-refractivity contribution in [1.82, 2.24) is 9.97 Å². The first-order valence-corrected chi connectivity index (χ1v) is 7.05. The molecule has 4 heteroatoms. The number of benzene rings is 2. The fraction of sp³-hybridized carbons (Fsp3) is 0.176. The van der Waals surface area contributed by atoms with Crippen molar-refractivity contribution < 1.29 is 4.74 Å². The van der Waals surface area contributed by atoms with Crippen molar-refractivity contribution in [2.24, 2.45) is 0 Å². The van der Waals surface area contributed by atoms with Crippen LogP contribution in [0.5, 0.6) is 5.75 Å². The predicted octanol–water partition coefficient (Wildman–Crippen LogP) is 3.51. The van der Waals surface area contributed by atoms with E-state index in [2.05, 4.69) is 15.3 Å². The molecule has 0 bridgehead atoms. The van der Waals surface area contributed by atoms with Crippen LogP contribution in [0.4, 0.5) is 5.82 Å². The number of anilines is 1. The van der Waals surface area contributed by atoms with Crippen LogP contribution in [0.15, 0.2) is 60.8 Å². The Kier molecular flexibility index (Phi) is 4.27. The first-order chi connectivity index (χ1) is 10.4. The minimum Gasteiger partial charge on any atom is -0.494 e. The van der Waals surface area contributed by atoms with Crippen LogP contribution in [0, 0.1) is 0 Å². The number of para-hydroxylation sites is 3. The number of aromatic nitrogens is 2. The number of ether oxygens (including phenoxy) is 1. The topological polar surface area (TPSA) is 47.0 Å². The van der Waals surface area contributed by atoms with Crippen molar-refractivity contribution in [1.29, 1.82) is 0 Å². The van der Waals surface area contributed by atoms with Crippen molar-refractivity contribution >= 4 is 16.9 Å². The normalized spacial score (nSPS) is 10.5. The lowest BCUT2D eigenvalue weighted by atomic mass is 10.3. The number of nitrogens with zero attached hydrogens (tertiary/aromatic N) is 2. The van der Waals surface area contributed by atoms with E-state index in [0.717, 1.165) is 35.6 Å². The second kappa shape index (κ2) is 6.70. The number of hydrogen-bond donors (Lipinski definition) is 1. The molecule has 0 amide bonds. The lowest BCUT2D eigenvalue weighted by Crippen LogP contribution is -2.08. The summed E-state index contributed by atoms with van der Waals surface area (Å²) in [7, 11) is 0. The Morgan fingerprint density at radius 1 is 0.905 bits per heavy atom. The van der Waals surface area contributed by atoms with Crippen LogP contribution in [0.25, 0.3) is 11.0 Å². The van der Waals surface area contributed by atoms with Crippen LogP contribution >= 0.6 is 0 Å². The number of rotatable bonds is 6. The minimum atomic E-state index is 0.679. The van der Waals surface area contributed by atoms with Gasteiger partial charge >= 0.3 is 0 Å². The zero-order valence-corrected chi connectivity index (χ0v) is 11.7. The van der Waals surface area contributed by atoms with E-state index in [4.69, 9.17) is 4.74 Å². The standard InChI is InChI=1S/C17H17N3O/c1-2-7-14(8-3-1)21-12-6-11-18-17-13-19-15-9-4-5-10-16(15)20-17/h1-5,7-10,13H,6,11-12H2,(H,18,20). The van der Waals surface area contributed by atoms with Crippen molar-refractivity contribution in [3.63, 3.8) is 0 Å². The maximum atomic E-state index is 5.64. The van der Waals surface area contributed by atoms with Gasteiger partial charge in [-0.3, -0.25) is 4.98 Å². The molecule has 106 valence electrons. The van der Waals surface area contributed by atoms with Crippen LogP contribution in [0.3, 0.4) is 0 Å². The zero-order valence-electron chi connectivity index (χ0n) is 11.7. The SMILES string of the molecule is c1ccc(OCCCNc2cnc3ccccc3n2)cc1. The van der Waals surface area contributed by atoms with Crippen LogP contribution in [-0.4, -0.2) is 23.1 Å². The highest BCUT2D eigenvalue weighted by atomic mass is 16.5. The third kappa shape index (κ3) is 3.69. The first kappa shape index (κ1) is 13.4. The molecule has 1 aromatic heterocycles. The molecule has 0 spiro atoms. The van der Waals surface area contributed by atoms with Gasteiger partial charge in [-0.05, 0) is 30.7 Å². The third-order valence-electron chi connectivity index (χ3n) is 3.09. The first-order valence-electron chi connectivity index (χ1n) is 7.05. The van der Waals surface area contributed by atoms with E-state index in [0.29, 0.717) is 6.61 Å². The summed E-state index contributed by atoms with van der Waals surface area (Å²) in [6.45, 7) is 1.48. The molecule has 3 aromatic rings. The smallest absolute Gasteiger partial charge is 0.145 e. The molecule has 0 atom stereocenters. The quantitative estimate of drug-likeness (QED) is 0.701. The molecule has 2 aromatic carbocycles. The molecule has 0 aliphatic heterocycles. The summed E-state index contributed by atoms with van der Waals surface area (Å²) < 4.78 is 5.64. The van der Waals surface area contributed by atoms with Crippen molar-refractivity contribution in [2.75, 3.05) is 18.5 Å². The Morgan fingerprint density at radius 2 is 1.67 bits per heavy atom. The van der Waals surface area contributed by atoms with E-state index < -0.39 is 0 Å². The van der Waals surface area contributed by atoms with E-state index in [1.54, 1.807) is 6.20 Å². The van der Waals surface area contributed by atoms with Gasteiger partial charge in [-0.1, -0.05) is 30.3 Å². The van der Waals surface area contributed by atoms with Gasteiger partial charge in [0.2, 0.25) is 0 Å². The third-order valence-corrected chi connectivity index (χ3v) is 3.09. The van der Waals surface area contributed by atoms with E-state index in [1.807, 2.05) is 54.6 Å². The molecule has 0 fully saturated rings. The van der Waals surface area contributed by atoms with Gasteiger partial charge in [0.05, 0.1) is 23.8 Å². The van der Waals surface area contributed by atoms with Crippen molar-refractivity contribution in [2.45, 2.75) is 6.42 Å². The molecule has 1 heterocycles. The second-order valence-corrected chi connectivity index (χ2v) is 4.69. The maximum Gasteiger partial charge on any atom is 0.145 e. The van der Waals surface area contributed by atoms with Crippen LogP contribution in [0.1, 0.15) is 6.42 Å². The number of fused-ring (bicyclic) bond motifs is 1. The van der Waals surface area contributed by atoms with Crippen molar-refractivity contribution in [3.8, 4) is 5.75 Å². The van der Waals surface area contributed by atoms with Gasteiger partial charge in [0, 0.05) is 6.54 Å². The fourth-order valence-corrected chi connectivity index (χ4v) is 2.04. The minimum absolute atomic E-state index is 0.679. The summed E-state index contributed by atoms with van der Waals surface area (Å²) in [6, 6.07) is 17.7. The lowest BCUT2D eigenvalue weighted by molar-refractivity contribution is 0.315. The van der Waals surface area contributed by atoms with Crippen LogP contribution in [0.2, 0.25) is 0 Å². The van der Waals surface area contributed by atoms with E-state index in [-0.39, 0.29) is 0 Å². The summed E-state index contributed by atoms with van der Waals surface area (Å²) in [4.78, 5) is 8.89. The molecule has 0 saturated carbocycles. The number of nitrogens with one attached hydrogen (secondary N) is 1. The summed E-state index contributed by atoms with van der Waals surface area (Å²) in [5.74, 6) is 1.71. The molecule has 3 rings (SSSR count). The van der Waals surface area contributed by atoms with Crippen LogP contribution in [-0.2, 0) is 0 Å². The summed E-state index contributed by atoms with van der Waals surface area (Å²) in [5, 5.41) is 3.27. The van der Waals surface area contributed by atoms with Gasteiger partial charge in [-0.25, -0.2) is 4.98 Å². The Bertz CT molecular complexity index is 700. The average molecular weight is 279 g/mol. The summed E-state index contributed by atoms with van der Waals surface area (Å²) in [6.07, 6.45) is 2.67. The molecule has 1 N–H and O–H groups in total. The van der Waals surface area contributed by atoms with Gasteiger partial charge < -0.3 is 10.1 Å². The predicted molar refractivity (Wildman–Crippen MR) is 84.6 cm³/mol. The highest BCUT2D eigenvalue weighted by Gasteiger charge is 1.98. The summed E-state index contributed by atoms with van der Waals surface area (Å²) in [5.41, 5.74) is 1.82. The Hall–Kier alpha value is -2.62. The largest absolute Gasteiger partial charge is 0.494 e. The van der Waals surface area contributed by atoms with Gasteiger partial charge in [0.15, 0.2) is 0 Å². The fourth-order valence-electron chi connectivity index (χ4n) is 2.04. The highest BCUT2D eigenvalue weighted by Crippen LogP contribution is 2.11. The number of hydrogen-bond acceptors (Lipinski definition) is 4. The van der Waals surface area contributed by atoms with Crippen LogP contribution < -0.4 is 10.1 Å². The zero-order chi connectivity index (χ0) is 14.3. The van der Waals surface area contributed by atoms with E-state index in [1.165, 1.54) is 0 Å². The van der Waals surface area contributed by atoms with Gasteiger partial charge in [-0.15, -0.1) is 0 Å². The molecular formula is C17H17N3O. The Morgan fingerprint density at radius 3 is 2.52 bits per heavy atom. The molecule has 0 aliphatic carbocycles. The molecule has 0 saturated heterocycles. The summed E-state index contributed by atoms with van der Waals surface area (Å²) >= 11 is 0. The van der Waals surface area contributed by atoms with E-state index >= 15 is 0 Å². The molecule has 0 radical (unpaired) electrons. The molecular weight excluding hydrogens is 262 g/mol. The monoisotopic (exact) mass is 279 g/mol. The molecule has 4 nitrogen and oxygen atoms in total. The second-order valence-electron chi connectivity index (χ2n) is 4.69. The lowest BCUT2D eigenvalue weighted by Gasteiger charge is -2.08. The average Bonchev–Trinajstić information content (AvgIpc) is 2.55. The highest BCUT2D eigenvalue weighted by molar-refractivity contribution is 5.75. The van der Waals surface area contributed by atoms with Crippen molar-refractivity contribution in [3.05, 3.63) is 60.8 Å². The Labute approximate surface area is 123 Å². The Balaban J connectivity index is 1.46. The molecule has 21 heavy (non-hydrogen) atoms. The van der Waals surface area contributed by atoms with Gasteiger partial charge in [0.25, 0.3) is 0 Å².